The molecule has 0 spiro atoms. The highest BCUT2D eigenvalue weighted by Crippen LogP contribution is 2.22. The van der Waals surface area contributed by atoms with Gasteiger partial charge in [-0.2, -0.15) is 0 Å². The van der Waals surface area contributed by atoms with Crippen molar-refractivity contribution in [2.75, 3.05) is 0 Å². The fourth-order valence-corrected chi connectivity index (χ4v) is 4.20. The second-order valence-electron chi connectivity index (χ2n) is 8.47. The number of unbranched alkanes of at least 4 members (excludes halogenated alkanes) is 12. The zero-order valence-corrected chi connectivity index (χ0v) is 19.8. The molecule has 1 aromatic carbocycles. The van der Waals surface area contributed by atoms with Crippen molar-refractivity contribution in [1.82, 2.24) is 0 Å². The van der Waals surface area contributed by atoms with Crippen molar-refractivity contribution >= 4 is 11.6 Å². The van der Waals surface area contributed by atoms with Gasteiger partial charge < -0.3 is 0 Å². The molecule has 0 saturated heterocycles. The number of benzene rings is 1. The number of aryl methyl sites for hydroxylation is 1. The van der Waals surface area contributed by atoms with Crippen LogP contribution in [0.4, 0.5) is 0 Å². The molecule has 0 atom stereocenters. The Bertz CT molecular complexity index is 529. The van der Waals surface area contributed by atoms with E-state index in [0.29, 0.717) is 5.88 Å². The fourth-order valence-electron chi connectivity index (χ4n) is 3.95. The van der Waals surface area contributed by atoms with Crippen LogP contribution in [-0.4, -0.2) is 0 Å². The van der Waals surface area contributed by atoms with Gasteiger partial charge in [-0.3, -0.25) is 0 Å². The van der Waals surface area contributed by atoms with Crippen molar-refractivity contribution in [1.29, 1.82) is 0 Å². The number of hydrogen-bond acceptors (Lipinski definition) is 0. The quantitative estimate of drug-likeness (QED) is 0.138. The van der Waals surface area contributed by atoms with Crippen molar-refractivity contribution in [3.63, 3.8) is 0 Å². The Morgan fingerprint density at radius 1 is 0.714 bits per heavy atom. The molecule has 1 heteroatoms. The van der Waals surface area contributed by atoms with Crippen molar-refractivity contribution in [3.8, 4) is 0 Å². The van der Waals surface area contributed by atoms with Crippen LogP contribution in [0.3, 0.4) is 0 Å². The average molecular weight is 405 g/mol. The summed E-state index contributed by atoms with van der Waals surface area (Å²) in [5.41, 5.74) is 5.68. The normalized spacial score (nSPS) is 11.6. The van der Waals surface area contributed by atoms with Gasteiger partial charge in [0.1, 0.15) is 0 Å². The lowest BCUT2D eigenvalue weighted by Crippen LogP contribution is -1.98. The number of alkyl halides is 1. The SMILES string of the molecule is CCCCCCCC/C=C\CCCCCCCCc1c(CCl)ccc(C)c1C. The lowest BCUT2D eigenvalue weighted by atomic mass is 9.94. The molecule has 0 N–H and O–H groups in total. The first kappa shape index (κ1) is 25.3. The minimum atomic E-state index is 0.642. The Hall–Kier alpha value is -0.750. The molecule has 160 valence electrons. The Morgan fingerprint density at radius 3 is 1.82 bits per heavy atom. The van der Waals surface area contributed by atoms with Crippen molar-refractivity contribution in [2.24, 2.45) is 0 Å². The lowest BCUT2D eigenvalue weighted by molar-refractivity contribution is 0.594. The van der Waals surface area contributed by atoms with E-state index in [1.165, 1.54) is 119 Å². The molecule has 0 heterocycles. The van der Waals surface area contributed by atoms with Crippen LogP contribution in [0.15, 0.2) is 24.3 Å². The van der Waals surface area contributed by atoms with E-state index in [-0.39, 0.29) is 0 Å². The second kappa shape index (κ2) is 17.1. The maximum Gasteiger partial charge on any atom is 0.0476 e. The van der Waals surface area contributed by atoms with Crippen molar-refractivity contribution in [3.05, 3.63) is 46.5 Å². The predicted molar refractivity (Wildman–Crippen MR) is 129 cm³/mol. The molecule has 0 bridgehead atoms. The molecule has 0 aliphatic rings. The summed E-state index contributed by atoms with van der Waals surface area (Å²) in [6.45, 7) is 6.74. The van der Waals surface area contributed by atoms with Crippen LogP contribution in [0.2, 0.25) is 0 Å². The first-order valence-corrected chi connectivity index (χ1v) is 12.5. The van der Waals surface area contributed by atoms with E-state index in [9.17, 15) is 0 Å². The summed E-state index contributed by atoms with van der Waals surface area (Å²) in [5.74, 6) is 0.642. The Balaban J connectivity index is 1.97. The summed E-state index contributed by atoms with van der Waals surface area (Å²) >= 11 is 6.13. The summed E-state index contributed by atoms with van der Waals surface area (Å²) < 4.78 is 0. The van der Waals surface area contributed by atoms with Gasteiger partial charge in [0, 0.05) is 5.88 Å². The molecule has 0 unspecified atom stereocenters. The minimum Gasteiger partial charge on any atom is -0.122 e. The summed E-state index contributed by atoms with van der Waals surface area (Å²) in [6.07, 6.45) is 25.2. The van der Waals surface area contributed by atoms with E-state index in [2.05, 4.69) is 45.1 Å². The highest BCUT2D eigenvalue weighted by molar-refractivity contribution is 6.17. The molecule has 0 aliphatic heterocycles. The van der Waals surface area contributed by atoms with Gasteiger partial charge in [-0.25, -0.2) is 0 Å². The Labute approximate surface area is 181 Å². The van der Waals surface area contributed by atoms with Crippen LogP contribution in [0.5, 0.6) is 0 Å². The molecular weight excluding hydrogens is 360 g/mol. The Kier molecular flexibility index (Phi) is 15.5. The van der Waals surface area contributed by atoms with Gasteiger partial charge in [-0.15, -0.1) is 11.6 Å². The van der Waals surface area contributed by atoms with Gasteiger partial charge in [0.2, 0.25) is 0 Å². The van der Waals surface area contributed by atoms with Crippen LogP contribution in [0.25, 0.3) is 0 Å². The summed E-state index contributed by atoms with van der Waals surface area (Å²) in [6, 6.07) is 4.42. The maximum atomic E-state index is 6.13. The summed E-state index contributed by atoms with van der Waals surface area (Å²) in [5, 5.41) is 0. The Morgan fingerprint density at radius 2 is 1.25 bits per heavy atom. The van der Waals surface area contributed by atoms with Gasteiger partial charge in [0.25, 0.3) is 0 Å². The fraction of sp³-hybridized carbons (Fsp3) is 0.704. The number of hydrogen-bond donors (Lipinski definition) is 0. The maximum absolute atomic E-state index is 6.13. The molecule has 0 saturated carbocycles. The van der Waals surface area contributed by atoms with Crippen LogP contribution in [0.1, 0.15) is 119 Å². The van der Waals surface area contributed by atoms with E-state index in [4.69, 9.17) is 11.6 Å². The van der Waals surface area contributed by atoms with E-state index in [0.717, 1.165) is 0 Å². The summed E-state index contributed by atoms with van der Waals surface area (Å²) in [7, 11) is 0. The van der Waals surface area contributed by atoms with E-state index in [1.54, 1.807) is 0 Å². The van der Waals surface area contributed by atoms with Crippen LogP contribution in [0, 0.1) is 13.8 Å². The number of allylic oxidation sites excluding steroid dienone is 2. The van der Waals surface area contributed by atoms with Crippen molar-refractivity contribution < 1.29 is 0 Å². The molecule has 0 nitrogen and oxygen atoms in total. The topological polar surface area (TPSA) is 0 Å². The van der Waals surface area contributed by atoms with Crippen molar-refractivity contribution in [2.45, 2.75) is 123 Å². The number of halogens is 1. The van der Waals surface area contributed by atoms with Gasteiger partial charge >= 0.3 is 0 Å². The predicted octanol–water partition coefficient (Wildman–Crippen LogP) is 9.62. The molecule has 0 amide bonds. The monoisotopic (exact) mass is 404 g/mol. The highest BCUT2D eigenvalue weighted by atomic mass is 35.5. The summed E-state index contributed by atoms with van der Waals surface area (Å²) in [4.78, 5) is 0. The van der Waals surface area contributed by atoms with Gasteiger partial charge in [0.05, 0.1) is 0 Å². The largest absolute Gasteiger partial charge is 0.122 e. The molecule has 1 aromatic rings. The molecule has 1 rings (SSSR count). The van der Waals surface area contributed by atoms with E-state index >= 15 is 0 Å². The van der Waals surface area contributed by atoms with Crippen LogP contribution in [-0.2, 0) is 12.3 Å². The average Bonchev–Trinajstić information content (AvgIpc) is 2.70. The lowest BCUT2D eigenvalue weighted by Gasteiger charge is -2.13. The molecule has 0 radical (unpaired) electrons. The molecule has 0 aliphatic carbocycles. The minimum absolute atomic E-state index is 0.642. The second-order valence-corrected chi connectivity index (χ2v) is 8.73. The third-order valence-electron chi connectivity index (χ3n) is 6.05. The van der Waals surface area contributed by atoms with Gasteiger partial charge in [-0.05, 0) is 74.6 Å². The number of rotatable bonds is 17. The standard InChI is InChI=1S/C27H45Cl/c1-4-5-6-7-8-9-10-11-12-13-14-15-16-17-18-19-20-27-25(3)24(2)21-22-26(27)23-28/h11-12,21-22H,4-10,13-20,23H2,1-3H3/b12-11-. The van der Waals surface area contributed by atoms with Crippen LogP contribution >= 0.6 is 11.6 Å². The third-order valence-corrected chi connectivity index (χ3v) is 6.34. The first-order valence-electron chi connectivity index (χ1n) is 12.0. The molecule has 0 fully saturated rings. The van der Waals surface area contributed by atoms with Gasteiger partial charge in [-0.1, -0.05) is 89.0 Å². The van der Waals surface area contributed by atoms with Gasteiger partial charge in [0.15, 0.2) is 0 Å². The third kappa shape index (κ3) is 11.3. The highest BCUT2D eigenvalue weighted by Gasteiger charge is 2.07. The van der Waals surface area contributed by atoms with E-state index < -0.39 is 0 Å². The zero-order valence-electron chi connectivity index (χ0n) is 19.0. The smallest absolute Gasteiger partial charge is 0.0476 e. The molecular formula is C27H45Cl. The van der Waals surface area contributed by atoms with Crippen LogP contribution < -0.4 is 0 Å². The van der Waals surface area contributed by atoms with E-state index in [1.807, 2.05) is 0 Å². The zero-order chi connectivity index (χ0) is 20.5. The first-order chi connectivity index (χ1) is 13.7. The molecule has 28 heavy (non-hydrogen) atoms. The molecule has 0 aromatic heterocycles.